The summed E-state index contributed by atoms with van der Waals surface area (Å²) in [5.41, 5.74) is 3.94. The lowest BCUT2D eigenvalue weighted by Gasteiger charge is -2.26. The van der Waals surface area contributed by atoms with Crippen molar-refractivity contribution in [3.63, 3.8) is 0 Å². The maximum Gasteiger partial charge on any atom is 0.109 e. The first-order valence-electron chi connectivity index (χ1n) is 6.29. The minimum absolute atomic E-state index is 0.845. The topological polar surface area (TPSA) is 40.5 Å². The molecular weight excluding hydrogens is 224 g/mol. The predicted molar refractivity (Wildman–Crippen MR) is 70.2 cm³/mol. The zero-order valence-electron chi connectivity index (χ0n) is 10.1. The first-order valence-corrected chi connectivity index (χ1v) is 6.29. The predicted octanol–water partition coefficient (Wildman–Crippen LogP) is 2.55. The number of hydrogen-bond acceptors (Lipinski definition) is 2. The molecule has 1 aliphatic rings. The van der Waals surface area contributed by atoms with Crippen LogP contribution in [-0.2, 0) is 12.8 Å². The third-order valence-corrected chi connectivity index (χ3v) is 3.71. The molecule has 0 radical (unpaired) electrons. The van der Waals surface area contributed by atoms with Crippen LogP contribution in [0.5, 0.6) is 0 Å². The van der Waals surface area contributed by atoms with E-state index in [1.165, 1.54) is 0 Å². The quantitative estimate of drug-likeness (QED) is 0.743. The molecule has 92 valence electrons. The van der Waals surface area contributed by atoms with Crippen LogP contribution in [0.1, 0.15) is 34.5 Å². The summed E-state index contributed by atoms with van der Waals surface area (Å²) in [6.07, 6.45) is 0.110. The number of aliphatic hydroxyl groups is 2. The average molecular weight is 240 g/mol. The van der Waals surface area contributed by atoms with E-state index in [0.29, 0.717) is 0 Å². The number of aryl methyl sites for hydroxylation is 2. The lowest BCUT2D eigenvalue weighted by atomic mass is 9.86. The largest absolute Gasteiger partial charge is 0.385 e. The second-order valence-corrected chi connectivity index (χ2v) is 4.79. The average Bonchev–Trinajstić information content (AvgIpc) is 2.43. The molecule has 1 aliphatic carbocycles. The van der Waals surface area contributed by atoms with Crippen molar-refractivity contribution in [2.24, 2.45) is 0 Å². The fraction of sp³-hybridized carbons (Fsp3) is 0.250. The minimum Gasteiger partial charge on any atom is -0.385 e. The van der Waals surface area contributed by atoms with E-state index in [4.69, 9.17) is 0 Å². The number of aliphatic hydroxyl groups excluding tert-OH is 2. The van der Waals surface area contributed by atoms with E-state index < -0.39 is 12.2 Å². The molecule has 2 atom stereocenters. The van der Waals surface area contributed by atoms with E-state index in [1.54, 1.807) is 0 Å². The number of benzene rings is 2. The highest BCUT2D eigenvalue weighted by molar-refractivity contribution is 5.38. The van der Waals surface area contributed by atoms with Gasteiger partial charge in [-0.05, 0) is 35.1 Å². The van der Waals surface area contributed by atoms with E-state index in [1.807, 2.05) is 48.5 Å². The van der Waals surface area contributed by atoms with Gasteiger partial charge in [0.1, 0.15) is 12.2 Å². The van der Waals surface area contributed by atoms with Crippen LogP contribution in [-0.4, -0.2) is 10.2 Å². The summed E-state index contributed by atoms with van der Waals surface area (Å²) in [5.74, 6) is 0. The van der Waals surface area contributed by atoms with Crippen LogP contribution in [0, 0.1) is 0 Å². The molecule has 2 aromatic carbocycles. The fourth-order valence-electron chi connectivity index (χ4n) is 2.71. The van der Waals surface area contributed by atoms with Crippen molar-refractivity contribution in [3.8, 4) is 0 Å². The molecular formula is C16H16O2. The van der Waals surface area contributed by atoms with Crippen LogP contribution in [0.15, 0.2) is 48.5 Å². The van der Waals surface area contributed by atoms with E-state index in [-0.39, 0.29) is 0 Å². The molecule has 18 heavy (non-hydrogen) atoms. The van der Waals surface area contributed by atoms with Crippen LogP contribution in [0.4, 0.5) is 0 Å². The normalized spacial score (nSPS) is 22.6. The number of hydrogen-bond donors (Lipinski definition) is 2. The highest BCUT2D eigenvalue weighted by Crippen LogP contribution is 2.35. The lowest BCUT2D eigenvalue weighted by Crippen LogP contribution is -2.17. The zero-order valence-corrected chi connectivity index (χ0v) is 10.1. The van der Waals surface area contributed by atoms with Gasteiger partial charge in [0.15, 0.2) is 0 Å². The Morgan fingerprint density at radius 3 is 1.50 bits per heavy atom. The summed E-state index contributed by atoms with van der Waals surface area (Å²) in [6.45, 7) is 0. The Morgan fingerprint density at radius 1 is 0.667 bits per heavy atom. The molecule has 0 aromatic heterocycles. The van der Waals surface area contributed by atoms with Gasteiger partial charge in [-0.1, -0.05) is 48.5 Å². The zero-order chi connectivity index (χ0) is 12.5. The summed E-state index contributed by atoms with van der Waals surface area (Å²) in [4.78, 5) is 0. The van der Waals surface area contributed by atoms with Gasteiger partial charge < -0.3 is 10.2 Å². The summed E-state index contributed by atoms with van der Waals surface area (Å²) < 4.78 is 0. The van der Waals surface area contributed by atoms with Crippen molar-refractivity contribution < 1.29 is 10.2 Å². The highest BCUT2D eigenvalue weighted by atomic mass is 16.3. The van der Waals surface area contributed by atoms with Crippen molar-refractivity contribution in [1.82, 2.24) is 0 Å². The third kappa shape index (κ3) is 1.84. The summed E-state index contributed by atoms with van der Waals surface area (Å²) in [7, 11) is 0. The van der Waals surface area contributed by atoms with Gasteiger partial charge in [-0.3, -0.25) is 0 Å². The van der Waals surface area contributed by atoms with Crippen molar-refractivity contribution in [3.05, 3.63) is 70.8 Å². The summed E-state index contributed by atoms with van der Waals surface area (Å²) >= 11 is 0. The molecule has 2 nitrogen and oxygen atoms in total. The molecule has 2 aromatic rings. The Bertz CT molecular complexity index is 511. The van der Waals surface area contributed by atoms with E-state index in [0.717, 1.165) is 35.1 Å². The lowest BCUT2D eigenvalue weighted by molar-refractivity contribution is 0.0155. The second kappa shape index (κ2) is 4.56. The third-order valence-electron chi connectivity index (χ3n) is 3.71. The van der Waals surface area contributed by atoms with Gasteiger partial charge in [0.05, 0.1) is 0 Å². The fourth-order valence-corrected chi connectivity index (χ4v) is 2.71. The minimum atomic E-state index is -0.845. The maximum atomic E-state index is 10.3. The Labute approximate surface area is 107 Å². The Hall–Kier alpha value is -1.64. The Morgan fingerprint density at radius 2 is 1.06 bits per heavy atom. The van der Waals surface area contributed by atoms with Crippen molar-refractivity contribution in [1.29, 1.82) is 0 Å². The molecule has 2 N–H and O–H groups in total. The van der Waals surface area contributed by atoms with Crippen molar-refractivity contribution in [2.75, 3.05) is 0 Å². The molecule has 3 rings (SSSR count). The SMILES string of the molecule is OC1c2ccccc2CCc2ccccc2C1O. The number of rotatable bonds is 0. The molecule has 0 heterocycles. The highest BCUT2D eigenvalue weighted by Gasteiger charge is 2.26. The monoisotopic (exact) mass is 240 g/mol. The molecule has 0 bridgehead atoms. The van der Waals surface area contributed by atoms with Gasteiger partial charge >= 0.3 is 0 Å². The van der Waals surface area contributed by atoms with Crippen LogP contribution in [0.3, 0.4) is 0 Å². The Kier molecular flexibility index (Phi) is 2.90. The summed E-state index contributed by atoms with van der Waals surface area (Å²) in [6, 6.07) is 15.6. The van der Waals surface area contributed by atoms with Crippen LogP contribution >= 0.6 is 0 Å². The van der Waals surface area contributed by atoms with Crippen molar-refractivity contribution >= 4 is 0 Å². The smallest absolute Gasteiger partial charge is 0.109 e. The molecule has 2 heteroatoms. The molecule has 0 aliphatic heterocycles. The molecule has 0 saturated carbocycles. The van der Waals surface area contributed by atoms with E-state index in [2.05, 4.69) is 0 Å². The maximum absolute atomic E-state index is 10.3. The standard InChI is InChI=1S/C16H16O2/c17-15-13-7-3-1-5-11(13)9-10-12-6-2-4-8-14(12)16(15)18/h1-8,15-18H,9-10H2. The van der Waals surface area contributed by atoms with Crippen LogP contribution in [0.2, 0.25) is 0 Å². The van der Waals surface area contributed by atoms with Gasteiger partial charge in [-0.2, -0.15) is 0 Å². The van der Waals surface area contributed by atoms with Gasteiger partial charge in [0.25, 0.3) is 0 Å². The van der Waals surface area contributed by atoms with Crippen LogP contribution in [0.25, 0.3) is 0 Å². The van der Waals surface area contributed by atoms with Gasteiger partial charge in [0.2, 0.25) is 0 Å². The van der Waals surface area contributed by atoms with Gasteiger partial charge in [-0.15, -0.1) is 0 Å². The second-order valence-electron chi connectivity index (χ2n) is 4.79. The van der Waals surface area contributed by atoms with Gasteiger partial charge in [-0.25, -0.2) is 0 Å². The Balaban J connectivity index is 2.10. The molecule has 2 unspecified atom stereocenters. The van der Waals surface area contributed by atoms with E-state index >= 15 is 0 Å². The van der Waals surface area contributed by atoms with Crippen LogP contribution < -0.4 is 0 Å². The molecule has 0 fully saturated rings. The van der Waals surface area contributed by atoms with E-state index in [9.17, 15) is 10.2 Å². The summed E-state index contributed by atoms with van der Waals surface area (Å²) in [5, 5.41) is 20.7. The van der Waals surface area contributed by atoms with Crippen molar-refractivity contribution in [2.45, 2.75) is 25.0 Å². The number of fused-ring (bicyclic) bond motifs is 2. The first-order chi connectivity index (χ1) is 8.77. The van der Waals surface area contributed by atoms with Gasteiger partial charge in [0, 0.05) is 0 Å². The molecule has 0 saturated heterocycles. The molecule has 0 amide bonds. The first kappa shape index (κ1) is 11.5. The molecule has 0 spiro atoms.